The molecule has 0 unspecified atom stereocenters. The Balaban J connectivity index is 1.43. The molecule has 37 heavy (non-hydrogen) atoms. The van der Waals surface area contributed by atoms with Crippen LogP contribution in [-0.2, 0) is 22.6 Å². The molecular formula is C28H29N5O3S. The zero-order chi connectivity index (χ0) is 26.2. The number of hydrogen-bond acceptors (Lipinski definition) is 6. The average molecular weight is 516 g/mol. The zero-order valence-corrected chi connectivity index (χ0v) is 21.8. The van der Waals surface area contributed by atoms with Gasteiger partial charge in [0.2, 0.25) is 11.8 Å². The predicted octanol–water partition coefficient (Wildman–Crippen LogP) is 4.48. The van der Waals surface area contributed by atoms with Gasteiger partial charge in [-0.3, -0.25) is 14.2 Å². The van der Waals surface area contributed by atoms with Gasteiger partial charge in [-0.25, -0.2) is 0 Å². The van der Waals surface area contributed by atoms with E-state index in [-0.39, 0.29) is 30.5 Å². The minimum atomic E-state index is -0.130. The van der Waals surface area contributed by atoms with Gasteiger partial charge < -0.3 is 15.4 Å². The van der Waals surface area contributed by atoms with Crippen LogP contribution in [0.4, 0.5) is 5.69 Å². The van der Waals surface area contributed by atoms with E-state index >= 15 is 0 Å². The highest BCUT2D eigenvalue weighted by atomic mass is 32.2. The number of nitrogens with one attached hydrogen (secondary N) is 2. The van der Waals surface area contributed by atoms with E-state index in [1.54, 1.807) is 7.11 Å². The normalized spacial score (nSPS) is 10.7. The van der Waals surface area contributed by atoms with Crippen molar-refractivity contribution >= 4 is 29.3 Å². The van der Waals surface area contributed by atoms with E-state index in [0.29, 0.717) is 11.0 Å². The number of thioether (sulfide) groups is 1. The van der Waals surface area contributed by atoms with Gasteiger partial charge >= 0.3 is 0 Å². The maximum Gasteiger partial charge on any atom is 0.234 e. The van der Waals surface area contributed by atoms with Crippen molar-refractivity contribution in [3.05, 3.63) is 95.3 Å². The van der Waals surface area contributed by atoms with Crippen molar-refractivity contribution in [1.29, 1.82) is 0 Å². The van der Waals surface area contributed by atoms with Crippen molar-refractivity contribution in [2.24, 2.45) is 0 Å². The number of amides is 2. The third-order valence-corrected chi connectivity index (χ3v) is 6.61. The van der Waals surface area contributed by atoms with Gasteiger partial charge in [-0.2, -0.15) is 0 Å². The minimum Gasteiger partial charge on any atom is -0.497 e. The number of para-hydroxylation sites is 1. The molecule has 0 bridgehead atoms. The molecule has 4 rings (SSSR count). The molecule has 4 aromatic rings. The Morgan fingerprint density at radius 3 is 2.43 bits per heavy atom. The predicted molar refractivity (Wildman–Crippen MR) is 145 cm³/mol. The lowest BCUT2D eigenvalue weighted by molar-refractivity contribution is -0.120. The van der Waals surface area contributed by atoms with Gasteiger partial charge in [0, 0.05) is 11.4 Å². The molecule has 2 amide bonds. The fourth-order valence-corrected chi connectivity index (χ4v) is 4.47. The molecule has 8 nitrogen and oxygen atoms in total. The lowest BCUT2D eigenvalue weighted by Crippen LogP contribution is -2.26. The molecular weight excluding hydrogens is 486 g/mol. The number of anilines is 1. The van der Waals surface area contributed by atoms with E-state index in [1.165, 1.54) is 11.8 Å². The molecule has 0 spiro atoms. The van der Waals surface area contributed by atoms with Gasteiger partial charge in [-0.05, 0) is 60.9 Å². The Kier molecular flexibility index (Phi) is 8.58. The monoisotopic (exact) mass is 515 g/mol. The van der Waals surface area contributed by atoms with Gasteiger partial charge in [-0.15, -0.1) is 10.2 Å². The highest BCUT2D eigenvalue weighted by Gasteiger charge is 2.17. The number of aromatic nitrogens is 3. The second-order valence-corrected chi connectivity index (χ2v) is 9.47. The van der Waals surface area contributed by atoms with Crippen LogP contribution in [0.15, 0.2) is 78.0 Å². The van der Waals surface area contributed by atoms with E-state index in [2.05, 4.69) is 20.8 Å². The number of benzene rings is 3. The third-order valence-electron chi connectivity index (χ3n) is 5.68. The number of methoxy groups -OCH3 is 1. The molecule has 0 saturated carbocycles. The Morgan fingerprint density at radius 1 is 0.946 bits per heavy atom. The van der Waals surface area contributed by atoms with E-state index in [4.69, 9.17) is 4.74 Å². The van der Waals surface area contributed by atoms with E-state index in [1.807, 2.05) is 91.2 Å². The number of aryl methyl sites for hydroxylation is 2. The van der Waals surface area contributed by atoms with Crippen LogP contribution in [0.5, 0.6) is 5.75 Å². The first-order chi connectivity index (χ1) is 17.9. The Hall–Kier alpha value is -4.11. The summed E-state index contributed by atoms with van der Waals surface area (Å²) in [6.07, 6.45) is 0.240. The molecule has 0 aliphatic heterocycles. The molecule has 3 aromatic carbocycles. The van der Waals surface area contributed by atoms with Crippen LogP contribution in [0, 0.1) is 13.8 Å². The van der Waals surface area contributed by atoms with Crippen LogP contribution in [-0.4, -0.2) is 39.4 Å². The summed E-state index contributed by atoms with van der Waals surface area (Å²) >= 11 is 1.29. The summed E-state index contributed by atoms with van der Waals surface area (Å²) in [5.41, 5.74) is 4.62. The molecule has 2 N–H and O–H groups in total. The first-order valence-corrected chi connectivity index (χ1v) is 12.8. The smallest absolute Gasteiger partial charge is 0.234 e. The van der Waals surface area contributed by atoms with Crippen LogP contribution in [0.3, 0.4) is 0 Å². The average Bonchev–Trinajstić information content (AvgIpc) is 3.32. The highest BCUT2D eigenvalue weighted by molar-refractivity contribution is 7.99. The molecule has 0 aliphatic carbocycles. The molecule has 0 atom stereocenters. The van der Waals surface area contributed by atoms with Gasteiger partial charge in [-0.1, -0.05) is 54.2 Å². The third kappa shape index (κ3) is 6.98. The molecule has 0 saturated heterocycles. The zero-order valence-electron chi connectivity index (χ0n) is 21.0. The molecule has 190 valence electrons. The summed E-state index contributed by atoms with van der Waals surface area (Å²) < 4.78 is 7.03. The number of hydrogen-bond donors (Lipinski definition) is 2. The van der Waals surface area contributed by atoms with E-state index < -0.39 is 0 Å². The Morgan fingerprint density at radius 2 is 1.70 bits per heavy atom. The number of rotatable bonds is 10. The minimum absolute atomic E-state index is 0.129. The summed E-state index contributed by atoms with van der Waals surface area (Å²) in [5.74, 6) is 1.23. The van der Waals surface area contributed by atoms with Crippen LogP contribution in [0.25, 0.3) is 5.69 Å². The van der Waals surface area contributed by atoms with Crippen molar-refractivity contribution in [2.45, 2.75) is 32.0 Å². The van der Waals surface area contributed by atoms with Crippen molar-refractivity contribution in [1.82, 2.24) is 20.1 Å². The lowest BCUT2D eigenvalue weighted by Gasteiger charge is -2.12. The van der Waals surface area contributed by atoms with Crippen molar-refractivity contribution in [3.63, 3.8) is 0 Å². The molecule has 1 heterocycles. The van der Waals surface area contributed by atoms with Gasteiger partial charge in [0.25, 0.3) is 0 Å². The number of nitrogens with zero attached hydrogens (tertiary/aromatic N) is 3. The number of ether oxygens (including phenoxy) is 1. The van der Waals surface area contributed by atoms with Crippen molar-refractivity contribution in [2.75, 3.05) is 18.2 Å². The van der Waals surface area contributed by atoms with Crippen LogP contribution in [0.1, 0.15) is 22.5 Å². The molecule has 1 aromatic heterocycles. The Labute approximate surface area is 220 Å². The molecule has 0 aliphatic rings. The number of carbonyl (C=O) groups excluding carboxylic acids is 2. The number of carbonyl (C=O) groups is 2. The molecule has 0 radical (unpaired) electrons. The van der Waals surface area contributed by atoms with E-state index in [0.717, 1.165) is 33.8 Å². The Bertz CT molecular complexity index is 1370. The summed E-state index contributed by atoms with van der Waals surface area (Å²) in [4.78, 5) is 25.3. The molecule has 9 heteroatoms. The highest BCUT2D eigenvalue weighted by Crippen LogP contribution is 2.23. The first kappa shape index (κ1) is 26.0. The largest absolute Gasteiger partial charge is 0.497 e. The first-order valence-electron chi connectivity index (χ1n) is 11.8. The summed E-state index contributed by atoms with van der Waals surface area (Å²) in [6, 6.07) is 23.0. The SMILES string of the molecule is COc1ccc(CC(=O)NCc2nnc(SCC(=O)Nc3cc(C)ccc3C)n2-c2ccccc2)cc1. The van der Waals surface area contributed by atoms with Crippen molar-refractivity contribution in [3.8, 4) is 11.4 Å². The van der Waals surface area contributed by atoms with Gasteiger partial charge in [0.05, 0.1) is 25.8 Å². The standard InChI is InChI=1S/C28H29N5O3S/c1-19-9-10-20(2)24(15-19)30-27(35)18-37-28-32-31-25(33(28)22-7-5-4-6-8-22)17-29-26(34)16-21-11-13-23(36-3)14-12-21/h4-15H,16-18H2,1-3H3,(H,29,34)(H,30,35). The summed E-state index contributed by atoms with van der Waals surface area (Å²) in [5, 5.41) is 15.1. The fourth-order valence-electron chi connectivity index (χ4n) is 3.70. The van der Waals surface area contributed by atoms with Crippen molar-refractivity contribution < 1.29 is 14.3 Å². The maximum atomic E-state index is 12.7. The summed E-state index contributed by atoms with van der Waals surface area (Å²) in [7, 11) is 1.61. The molecule has 0 fully saturated rings. The summed E-state index contributed by atoms with van der Waals surface area (Å²) in [6.45, 7) is 4.15. The lowest BCUT2D eigenvalue weighted by atomic mass is 10.1. The fraction of sp³-hybridized carbons (Fsp3) is 0.214. The quantitative estimate of drug-likeness (QED) is 0.302. The second kappa shape index (κ2) is 12.2. The van der Waals surface area contributed by atoms with Crippen LogP contribution < -0.4 is 15.4 Å². The van der Waals surface area contributed by atoms with Crippen LogP contribution >= 0.6 is 11.8 Å². The van der Waals surface area contributed by atoms with Gasteiger partial charge in [0.15, 0.2) is 11.0 Å². The topological polar surface area (TPSA) is 98.1 Å². The maximum absolute atomic E-state index is 12.7. The van der Waals surface area contributed by atoms with Gasteiger partial charge in [0.1, 0.15) is 5.75 Å². The van der Waals surface area contributed by atoms with E-state index in [9.17, 15) is 9.59 Å². The van der Waals surface area contributed by atoms with Crippen LogP contribution in [0.2, 0.25) is 0 Å². The second-order valence-electron chi connectivity index (χ2n) is 8.53.